The molecule has 0 radical (unpaired) electrons. The average Bonchev–Trinajstić information content (AvgIpc) is 3.23. The van der Waals surface area contributed by atoms with E-state index in [1.807, 2.05) is 6.07 Å². The van der Waals surface area contributed by atoms with E-state index in [2.05, 4.69) is 23.1 Å². The van der Waals surface area contributed by atoms with E-state index in [0.717, 1.165) is 32.4 Å². The standard InChI is InChI=1S/C15H20N2O2/c16-15(14(18)19,13-5-6-13)10-17-8-7-11-3-1-2-4-12(11)9-17/h1-4,13H,5-10,16H2,(H,18,19). The number of nitrogens with zero attached hydrogens (tertiary/aromatic N) is 1. The molecule has 4 nitrogen and oxygen atoms in total. The number of carbonyl (C=O) groups is 1. The molecule has 1 unspecified atom stereocenters. The van der Waals surface area contributed by atoms with E-state index in [1.54, 1.807) is 0 Å². The smallest absolute Gasteiger partial charge is 0.325 e. The largest absolute Gasteiger partial charge is 0.480 e. The molecule has 0 saturated heterocycles. The molecule has 2 aliphatic rings. The SMILES string of the molecule is NC(CN1CCc2ccccc2C1)(C(=O)O)C1CC1. The minimum absolute atomic E-state index is 0.155. The molecule has 4 heteroatoms. The Balaban J connectivity index is 1.73. The first-order valence-corrected chi connectivity index (χ1v) is 6.91. The third-order valence-corrected chi connectivity index (χ3v) is 4.40. The number of carboxylic acids is 1. The number of rotatable bonds is 4. The molecule has 3 N–H and O–H groups in total. The zero-order chi connectivity index (χ0) is 13.5. The number of carboxylic acid groups (broad SMARTS) is 1. The zero-order valence-corrected chi connectivity index (χ0v) is 11.0. The van der Waals surface area contributed by atoms with Gasteiger partial charge >= 0.3 is 5.97 Å². The fourth-order valence-electron chi connectivity index (χ4n) is 3.03. The van der Waals surface area contributed by atoms with Crippen LogP contribution in [0.25, 0.3) is 0 Å². The Hall–Kier alpha value is -1.39. The lowest BCUT2D eigenvalue weighted by molar-refractivity contribution is -0.145. The lowest BCUT2D eigenvalue weighted by atomic mass is 9.92. The Morgan fingerprint density at radius 2 is 2.05 bits per heavy atom. The summed E-state index contributed by atoms with van der Waals surface area (Å²) in [4.78, 5) is 13.7. The van der Waals surface area contributed by atoms with Crippen molar-refractivity contribution in [2.45, 2.75) is 31.3 Å². The number of hydrogen-bond acceptors (Lipinski definition) is 3. The molecule has 1 aliphatic heterocycles. The van der Waals surface area contributed by atoms with Gasteiger partial charge in [0.1, 0.15) is 5.54 Å². The molecule has 1 atom stereocenters. The molecule has 0 aromatic heterocycles. The van der Waals surface area contributed by atoms with E-state index in [0.29, 0.717) is 6.54 Å². The van der Waals surface area contributed by atoms with Gasteiger partial charge in [0.2, 0.25) is 0 Å². The van der Waals surface area contributed by atoms with Crippen molar-refractivity contribution in [1.29, 1.82) is 0 Å². The number of hydrogen-bond donors (Lipinski definition) is 2. The first-order valence-electron chi connectivity index (χ1n) is 6.91. The maximum Gasteiger partial charge on any atom is 0.325 e. The Labute approximate surface area is 113 Å². The van der Waals surface area contributed by atoms with Gasteiger partial charge in [0.15, 0.2) is 0 Å². The Bertz CT molecular complexity index is 499. The number of benzene rings is 1. The van der Waals surface area contributed by atoms with Gasteiger partial charge in [-0.25, -0.2) is 0 Å². The monoisotopic (exact) mass is 260 g/mol. The maximum atomic E-state index is 11.5. The zero-order valence-electron chi connectivity index (χ0n) is 11.0. The molecule has 1 aliphatic carbocycles. The third kappa shape index (κ3) is 2.38. The maximum absolute atomic E-state index is 11.5. The van der Waals surface area contributed by atoms with Gasteiger partial charge in [0.25, 0.3) is 0 Å². The quantitative estimate of drug-likeness (QED) is 0.854. The van der Waals surface area contributed by atoms with Crippen molar-refractivity contribution in [3.8, 4) is 0 Å². The average molecular weight is 260 g/mol. The molecule has 1 aromatic carbocycles. The Morgan fingerprint density at radius 3 is 2.68 bits per heavy atom. The van der Waals surface area contributed by atoms with Crippen LogP contribution in [0.3, 0.4) is 0 Å². The van der Waals surface area contributed by atoms with Crippen molar-refractivity contribution in [2.24, 2.45) is 11.7 Å². The molecule has 19 heavy (non-hydrogen) atoms. The first kappa shape index (κ1) is 12.6. The molecule has 102 valence electrons. The summed E-state index contributed by atoms with van der Waals surface area (Å²) in [5.41, 5.74) is 7.77. The second-order valence-electron chi connectivity index (χ2n) is 5.85. The second kappa shape index (κ2) is 4.62. The minimum atomic E-state index is -1.06. The van der Waals surface area contributed by atoms with Crippen LogP contribution in [0.15, 0.2) is 24.3 Å². The minimum Gasteiger partial charge on any atom is -0.480 e. The summed E-state index contributed by atoms with van der Waals surface area (Å²) in [6, 6.07) is 8.37. The van der Waals surface area contributed by atoms with Gasteiger partial charge in [0.05, 0.1) is 0 Å². The van der Waals surface area contributed by atoms with E-state index < -0.39 is 11.5 Å². The summed E-state index contributed by atoms with van der Waals surface area (Å²) in [6.07, 6.45) is 2.89. The molecule has 1 heterocycles. The predicted molar refractivity (Wildman–Crippen MR) is 72.7 cm³/mol. The van der Waals surface area contributed by atoms with Gasteiger partial charge in [-0.2, -0.15) is 0 Å². The summed E-state index contributed by atoms with van der Waals surface area (Å²) in [5.74, 6) is -0.698. The molecular weight excluding hydrogens is 240 g/mol. The summed E-state index contributed by atoms with van der Waals surface area (Å²) in [5, 5.41) is 9.42. The van der Waals surface area contributed by atoms with Crippen LogP contribution in [-0.2, 0) is 17.8 Å². The van der Waals surface area contributed by atoms with Crippen molar-refractivity contribution in [3.05, 3.63) is 35.4 Å². The molecule has 1 aromatic rings. The van der Waals surface area contributed by atoms with E-state index in [-0.39, 0.29) is 5.92 Å². The van der Waals surface area contributed by atoms with Gasteiger partial charge in [-0.15, -0.1) is 0 Å². The summed E-state index contributed by atoms with van der Waals surface area (Å²) in [6.45, 7) is 2.17. The van der Waals surface area contributed by atoms with Gasteiger partial charge < -0.3 is 10.8 Å². The molecular formula is C15H20N2O2. The highest BCUT2D eigenvalue weighted by Crippen LogP contribution is 2.39. The predicted octanol–water partition coefficient (Wildman–Crippen LogP) is 1.24. The van der Waals surface area contributed by atoms with Gasteiger partial charge in [-0.3, -0.25) is 9.69 Å². The molecule has 0 spiro atoms. The topological polar surface area (TPSA) is 66.6 Å². The van der Waals surface area contributed by atoms with Crippen LogP contribution in [-0.4, -0.2) is 34.6 Å². The Kier molecular flexibility index (Phi) is 3.07. The lowest BCUT2D eigenvalue weighted by Gasteiger charge is -2.35. The first-order chi connectivity index (χ1) is 9.09. The molecule has 3 rings (SSSR count). The van der Waals surface area contributed by atoms with Crippen molar-refractivity contribution in [2.75, 3.05) is 13.1 Å². The number of nitrogens with two attached hydrogens (primary N) is 1. The van der Waals surface area contributed by atoms with E-state index in [4.69, 9.17) is 5.73 Å². The van der Waals surface area contributed by atoms with Crippen LogP contribution < -0.4 is 5.73 Å². The van der Waals surface area contributed by atoms with Crippen LogP contribution in [0.5, 0.6) is 0 Å². The van der Waals surface area contributed by atoms with Crippen LogP contribution in [0.4, 0.5) is 0 Å². The van der Waals surface area contributed by atoms with Gasteiger partial charge in [-0.1, -0.05) is 24.3 Å². The number of fused-ring (bicyclic) bond motifs is 1. The molecule has 1 fully saturated rings. The fourth-order valence-corrected chi connectivity index (χ4v) is 3.03. The van der Waals surface area contributed by atoms with Crippen molar-refractivity contribution >= 4 is 5.97 Å². The Morgan fingerprint density at radius 1 is 1.37 bits per heavy atom. The fraction of sp³-hybridized carbons (Fsp3) is 0.533. The lowest BCUT2D eigenvalue weighted by Crippen LogP contribution is -2.58. The van der Waals surface area contributed by atoms with Crippen molar-refractivity contribution in [1.82, 2.24) is 4.90 Å². The highest BCUT2D eigenvalue weighted by Gasteiger charge is 2.49. The highest BCUT2D eigenvalue weighted by atomic mass is 16.4. The number of aliphatic carboxylic acids is 1. The van der Waals surface area contributed by atoms with Crippen molar-refractivity contribution < 1.29 is 9.90 Å². The summed E-state index contributed by atoms with van der Waals surface area (Å²) in [7, 11) is 0. The normalized spacial score (nSPS) is 22.6. The summed E-state index contributed by atoms with van der Waals surface area (Å²) >= 11 is 0. The summed E-state index contributed by atoms with van der Waals surface area (Å²) < 4.78 is 0. The van der Waals surface area contributed by atoms with Gasteiger partial charge in [-0.05, 0) is 36.3 Å². The van der Waals surface area contributed by atoms with Crippen molar-refractivity contribution in [3.63, 3.8) is 0 Å². The van der Waals surface area contributed by atoms with E-state index in [9.17, 15) is 9.90 Å². The third-order valence-electron chi connectivity index (χ3n) is 4.40. The van der Waals surface area contributed by atoms with Crippen LogP contribution in [0.2, 0.25) is 0 Å². The molecule has 1 saturated carbocycles. The van der Waals surface area contributed by atoms with Crippen LogP contribution in [0.1, 0.15) is 24.0 Å². The molecule has 0 amide bonds. The van der Waals surface area contributed by atoms with E-state index in [1.165, 1.54) is 11.1 Å². The van der Waals surface area contributed by atoms with Gasteiger partial charge in [0, 0.05) is 19.6 Å². The highest BCUT2D eigenvalue weighted by molar-refractivity contribution is 5.79. The van der Waals surface area contributed by atoms with Crippen LogP contribution >= 0.6 is 0 Å². The van der Waals surface area contributed by atoms with E-state index >= 15 is 0 Å². The van der Waals surface area contributed by atoms with Crippen LogP contribution in [0, 0.1) is 5.92 Å². The second-order valence-corrected chi connectivity index (χ2v) is 5.85. The molecule has 0 bridgehead atoms.